The quantitative estimate of drug-likeness (QED) is 0.649. The topological polar surface area (TPSA) is 48.3 Å². The van der Waals surface area contributed by atoms with Gasteiger partial charge in [0.05, 0.1) is 12.7 Å². The lowest BCUT2D eigenvalue weighted by Crippen LogP contribution is -2.44. The highest BCUT2D eigenvalue weighted by atomic mass is 16.5. The van der Waals surface area contributed by atoms with Crippen LogP contribution in [0.2, 0.25) is 0 Å². The molecule has 0 spiro atoms. The molecule has 0 aromatic heterocycles. The van der Waals surface area contributed by atoms with Gasteiger partial charge in [0.1, 0.15) is 5.54 Å². The number of hydrogen-bond donors (Lipinski definition) is 1. The molecule has 0 aliphatic carbocycles. The molecule has 0 aliphatic heterocycles. The van der Waals surface area contributed by atoms with E-state index in [0.717, 1.165) is 39.0 Å². The van der Waals surface area contributed by atoms with Crippen molar-refractivity contribution in [2.24, 2.45) is 0 Å². The summed E-state index contributed by atoms with van der Waals surface area (Å²) in [5.41, 5.74) is -0.347. The minimum absolute atomic E-state index is 0.347. The van der Waals surface area contributed by atoms with Gasteiger partial charge in [-0.2, -0.15) is 5.26 Å². The van der Waals surface area contributed by atoms with E-state index in [1.54, 1.807) is 7.11 Å². The van der Waals surface area contributed by atoms with Crippen molar-refractivity contribution in [2.75, 3.05) is 33.9 Å². The highest BCUT2D eigenvalue weighted by molar-refractivity contribution is 5.05. The van der Waals surface area contributed by atoms with Crippen LogP contribution >= 0.6 is 0 Å². The first-order valence-electron chi connectivity index (χ1n) is 6.90. The third-order valence-corrected chi connectivity index (χ3v) is 3.61. The number of methoxy groups -OCH3 is 1. The summed E-state index contributed by atoms with van der Waals surface area (Å²) >= 11 is 0. The van der Waals surface area contributed by atoms with E-state index < -0.39 is 0 Å². The van der Waals surface area contributed by atoms with Gasteiger partial charge in [0.15, 0.2) is 0 Å². The van der Waals surface area contributed by atoms with Crippen LogP contribution in [-0.4, -0.2) is 50.3 Å². The molecule has 0 bridgehead atoms. The summed E-state index contributed by atoms with van der Waals surface area (Å²) < 4.78 is 5.15. The van der Waals surface area contributed by atoms with Gasteiger partial charge in [-0.3, -0.25) is 5.32 Å². The zero-order valence-corrected chi connectivity index (χ0v) is 12.6. The zero-order chi connectivity index (χ0) is 14.0. The Morgan fingerprint density at radius 3 is 2.56 bits per heavy atom. The Hall–Kier alpha value is -0.630. The van der Waals surface area contributed by atoms with Crippen molar-refractivity contribution in [3.05, 3.63) is 0 Å². The number of rotatable bonds is 10. The molecule has 0 heterocycles. The molecule has 0 fully saturated rings. The maximum absolute atomic E-state index is 9.32. The van der Waals surface area contributed by atoms with E-state index in [2.05, 4.69) is 44.1 Å². The Labute approximate surface area is 112 Å². The van der Waals surface area contributed by atoms with Crippen LogP contribution in [0.1, 0.15) is 40.0 Å². The van der Waals surface area contributed by atoms with Crippen LogP contribution < -0.4 is 5.32 Å². The van der Waals surface area contributed by atoms with Gasteiger partial charge in [-0.25, -0.2) is 0 Å². The maximum atomic E-state index is 9.32. The molecule has 1 N–H and O–H groups in total. The molecule has 18 heavy (non-hydrogen) atoms. The monoisotopic (exact) mass is 255 g/mol. The van der Waals surface area contributed by atoms with Crippen LogP contribution in [0.25, 0.3) is 0 Å². The van der Waals surface area contributed by atoms with E-state index in [1.165, 1.54) is 0 Å². The number of hydrogen-bond acceptors (Lipinski definition) is 4. The van der Waals surface area contributed by atoms with Crippen LogP contribution in [0.4, 0.5) is 0 Å². The second-order valence-corrected chi connectivity index (χ2v) is 4.97. The Kier molecular flexibility index (Phi) is 8.99. The normalized spacial score (nSPS) is 16.3. The molecular weight excluding hydrogens is 226 g/mol. The van der Waals surface area contributed by atoms with Gasteiger partial charge in [-0.15, -0.1) is 0 Å². The zero-order valence-electron chi connectivity index (χ0n) is 12.6. The lowest BCUT2D eigenvalue weighted by atomic mass is 9.92. The average molecular weight is 255 g/mol. The fourth-order valence-corrected chi connectivity index (χ4v) is 2.12. The first kappa shape index (κ1) is 17.4. The van der Waals surface area contributed by atoms with Crippen LogP contribution in [0, 0.1) is 11.3 Å². The summed E-state index contributed by atoms with van der Waals surface area (Å²) in [4.78, 5) is 2.28. The first-order valence-corrected chi connectivity index (χ1v) is 6.90. The lowest BCUT2D eigenvalue weighted by Gasteiger charge is -2.28. The molecule has 0 radical (unpaired) electrons. The van der Waals surface area contributed by atoms with E-state index in [-0.39, 0.29) is 5.54 Å². The summed E-state index contributed by atoms with van der Waals surface area (Å²) in [7, 11) is 3.84. The van der Waals surface area contributed by atoms with Crippen LogP contribution in [0.15, 0.2) is 0 Å². The molecule has 106 valence electrons. The van der Waals surface area contributed by atoms with E-state index in [0.29, 0.717) is 6.04 Å². The van der Waals surface area contributed by atoms with Crippen molar-refractivity contribution in [2.45, 2.75) is 51.6 Å². The van der Waals surface area contributed by atoms with Gasteiger partial charge in [0.2, 0.25) is 0 Å². The highest BCUT2D eigenvalue weighted by Gasteiger charge is 2.26. The van der Waals surface area contributed by atoms with Gasteiger partial charge >= 0.3 is 0 Å². The van der Waals surface area contributed by atoms with Gasteiger partial charge in [0.25, 0.3) is 0 Å². The second kappa shape index (κ2) is 9.32. The van der Waals surface area contributed by atoms with Crippen molar-refractivity contribution in [1.82, 2.24) is 10.2 Å². The smallest absolute Gasteiger partial charge is 0.106 e. The van der Waals surface area contributed by atoms with Crippen molar-refractivity contribution in [3.8, 4) is 6.07 Å². The van der Waals surface area contributed by atoms with Crippen LogP contribution in [0.5, 0.6) is 0 Å². The Balaban J connectivity index is 4.11. The third-order valence-electron chi connectivity index (χ3n) is 3.61. The molecule has 0 saturated carbocycles. The predicted molar refractivity (Wildman–Crippen MR) is 75.5 cm³/mol. The first-order chi connectivity index (χ1) is 8.55. The molecule has 2 unspecified atom stereocenters. The number of likely N-dealkylation sites (N-methyl/N-ethyl adjacent to an activating group) is 1. The molecule has 4 heteroatoms. The lowest BCUT2D eigenvalue weighted by molar-refractivity contribution is 0.113. The van der Waals surface area contributed by atoms with Crippen LogP contribution in [-0.2, 0) is 4.74 Å². The van der Waals surface area contributed by atoms with Gasteiger partial charge in [0, 0.05) is 13.2 Å². The number of nitrogens with zero attached hydrogens (tertiary/aromatic N) is 2. The van der Waals surface area contributed by atoms with Crippen molar-refractivity contribution >= 4 is 0 Å². The van der Waals surface area contributed by atoms with E-state index >= 15 is 0 Å². The number of ether oxygens (including phenoxy) is 1. The fraction of sp³-hybridized carbons (Fsp3) is 0.929. The summed E-state index contributed by atoms with van der Waals surface area (Å²) in [6, 6.07) is 2.86. The molecule has 0 aliphatic rings. The van der Waals surface area contributed by atoms with Crippen molar-refractivity contribution in [3.63, 3.8) is 0 Å². The van der Waals surface area contributed by atoms with Gasteiger partial charge in [-0.1, -0.05) is 13.8 Å². The maximum Gasteiger partial charge on any atom is 0.106 e. The van der Waals surface area contributed by atoms with Gasteiger partial charge < -0.3 is 9.64 Å². The Morgan fingerprint density at radius 2 is 2.11 bits per heavy atom. The Morgan fingerprint density at radius 1 is 1.44 bits per heavy atom. The minimum atomic E-state index is -0.347. The van der Waals surface area contributed by atoms with Gasteiger partial charge in [-0.05, 0) is 46.3 Å². The fourth-order valence-electron chi connectivity index (χ4n) is 2.12. The average Bonchev–Trinajstić information content (AvgIpc) is 2.37. The molecule has 4 nitrogen and oxygen atoms in total. The summed E-state index contributed by atoms with van der Waals surface area (Å²) in [6.07, 6.45) is 2.78. The Bertz CT molecular complexity index is 252. The molecular formula is C14H29N3O. The molecule has 0 aromatic carbocycles. The van der Waals surface area contributed by atoms with Crippen molar-refractivity contribution in [1.29, 1.82) is 5.26 Å². The largest absolute Gasteiger partial charge is 0.383 e. The highest BCUT2D eigenvalue weighted by Crippen LogP contribution is 2.17. The van der Waals surface area contributed by atoms with Crippen LogP contribution in [0.3, 0.4) is 0 Å². The van der Waals surface area contributed by atoms with Crippen molar-refractivity contribution < 1.29 is 4.74 Å². The number of nitriles is 1. The molecule has 0 amide bonds. The molecule has 0 aromatic rings. The minimum Gasteiger partial charge on any atom is -0.383 e. The SMILES string of the molecule is CCNC(C#N)(CC)CCCN(C)C(C)COC. The van der Waals surface area contributed by atoms with E-state index in [4.69, 9.17) is 4.74 Å². The molecule has 0 rings (SSSR count). The predicted octanol–water partition coefficient (Wildman–Crippen LogP) is 2.02. The summed E-state index contributed by atoms with van der Waals surface area (Å²) in [5, 5.41) is 12.6. The standard InChI is InChI=1S/C14H29N3O/c1-6-14(12-15,16-7-2)9-8-10-17(4)13(3)11-18-5/h13,16H,6-11H2,1-5H3. The second-order valence-electron chi connectivity index (χ2n) is 4.97. The third kappa shape index (κ3) is 5.81. The molecule has 0 saturated heterocycles. The number of nitrogens with one attached hydrogen (secondary N) is 1. The molecule has 2 atom stereocenters. The van der Waals surface area contributed by atoms with E-state index in [9.17, 15) is 5.26 Å². The summed E-state index contributed by atoms with van der Waals surface area (Å²) in [6.45, 7) is 8.88. The van der Waals surface area contributed by atoms with E-state index in [1.807, 2.05) is 0 Å². The summed E-state index contributed by atoms with van der Waals surface area (Å²) in [5.74, 6) is 0.